The molecule has 2 N–H and O–H groups in total. The lowest BCUT2D eigenvalue weighted by Gasteiger charge is -2.31. The van der Waals surface area contributed by atoms with E-state index in [-0.39, 0.29) is 42.0 Å². The molecule has 79 heavy (non-hydrogen) atoms. The van der Waals surface area contributed by atoms with Gasteiger partial charge in [0.15, 0.2) is 44.2 Å². The van der Waals surface area contributed by atoms with Crippen LogP contribution in [0, 0.1) is 94.5 Å². The molecule has 0 bridgehead atoms. The van der Waals surface area contributed by atoms with Crippen LogP contribution < -0.4 is 5.73 Å². The molecule has 0 amide bonds. The van der Waals surface area contributed by atoms with Gasteiger partial charge in [-0.1, -0.05) is 159 Å². The van der Waals surface area contributed by atoms with Gasteiger partial charge >= 0.3 is 0 Å². The molecule has 0 saturated heterocycles. The van der Waals surface area contributed by atoms with Crippen molar-refractivity contribution in [1.82, 2.24) is 4.90 Å². The topological polar surface area (TPSA) is 283 Å². The van der Waals surface area contributed by atoms with E-state index < -0.39 is 5.60 Å². The molecule has 0 aromatic rings. The molecule has 454 valence electrons. The maximum atomic E-state index is 9.96. The molecule has 0 aromatic carbocycles. The number of ether oxygens (including phenoxy) is 1. The Labute approximate surface area is 474 Å². The first-order chi connectivity index (χ1) is 37.0. The first-order valence-corrected chi connectivity index (χ1v) is 26.2. The molecule has 2 aliphatic rings. The third kappa shape index (κ3) is 47.1. The van der Waals surface area contributed by atoms with Gasteiger partial charge in [-0.2, -0.15) is 0 Å². The van der Waals surface area contributed by atoms with Crippen molar-refractivity contribution >= 4 is 5.84 Å². The van der Waals surface area contributed by atoms with Crippen LogP contribution in [0.25, 0.3) is 0 Å². The fourth-order valence-electron chi connectivity index (χ4n) is 6.44. The van der Waals surface area contributed by atoms with Gasteiger partial charge in [0.2, 0.25) is 0 Å². The summed E-state index contributed by atoms with van der Waals surface area (Å²) in [6.07, 6.45) is 19.4. The number of aliphatic imine (C=N–C) groups is 1. The summed E-state index contributed by atoms with van der Waals surface area (Å²) in [5.74, 6) is 5.28. The highest BCUT2D eigenvalue weighted by Gasteiger charge is 2.32. The van der Waals surface area contributed by atoms with Gasteiger partial charge in [-0.05, 0) is 80.8 Å². The zero-order valence-corrected chi connectivity index (χ0v) is 51.4. The number of hydrogen-bond acceptors (Lipinski definition) is 22. The van der Waals surface area contributed by atoms with Crippen molar-refractivity contribution in [3.63, 3.8) is 0 Å². The van der Waals surface area contributed by atoms with Gasteiger partial charge in [0.1, 0.15) is 37.1 Å². The van der Waals surface area contributed by atoms with Crippen molar-refractivity contribution in [2.45, 2.75) is 148 Å². The van der Waals surface area contributed by atoms with Gasteiger partial charge in [0, 0.05) is 49.6 Å². The highest BCUT2D eigenvalue weighted by Crippen LogP contribution is 2.29. The smallest absolute Gasteiger partial charge is 0.155 e. The quantitative estimate of drug-likeness (QED) is 0.0315. The largest absolute Gasteiger partial charge is 0.383 e. The van der Waals surface area contributed by atoms with Crippen LogP contribution >= 0.6 is 0 Å². The molecule has 1 aliphatic heterocycles. The Hall–Kier alpha value is -6.71. The third-order valence-electron chi connectivity index (χ3n) is 11.3. The predicted octanol–water partition coefficient (Wildman–Crippen LogP) is 15.8. The molecule has 22 nitrogen and oxygen atoms in total. The summed E-state index contributed by atoms with van der Waals surface area (Å²) < 4.78 is 5.33. The van der Waals surface area contributed by atoms with Crippen molar-refractivity contribution in [3.05, 3.63) is 141 Å². The Morgan fingerprint density at radius 3 is 1.46 bits per heavy atom. The first kappa shape index (κ1) is 83.6. The van der Waals surface area contributed by atoms with Crippen molar-refractivity contribution in [2.75, 3.05) is 34.0 Å². The zero-order valence-electron chi connectivity index (χ0n) is 51.4. The first-order valence-electron chi connectivity index (χ1n) is 26.2. The zero-order chi connectivity index (χ0) is 62.7. The van der Waals surface area contributed by atoms with E-state index in [1.54, 1.807) is 37.5 Å². The summed E-state index contributed by atoms with van der Waals surface area (Å²) >= 11 is 0. The second-order valence-corrected chi connectivity index (χ2v) is 20.8. The Morgan fingerprint density at radius 1 is 0.646 bits per heavy atom. The third-order valence-corrected chi connectivity index (χ3v) is 11.3. The summed E-state index contributed by atoms with van der Waals surface area (Å²) in [5, 5.41) is 13.9. The van der Waals surface area contributed by atoms with Crippen LogP contribution in [0.15, 0.2) is 149 Å². The van der Waals surface area contributed by atoms with Crippen LogP contribution in [0.2, 0.25) is 0 Å². The lowest BCUT2D eigenvalue weighted by Crippen LogP contribution is -2.34. The number of allylic oxidation sites excluding steroid dienone is 2. The number of rotatable bonds is 29. The van der Waals surface area contributed by atoms with Gasteiger partial charge in [-0.25, -0.2) is 4.99 Å². The second-order valence-electron chi connectivity index (χ2n) is 20.8. The van der Waals surface area contributed by atoms with Crippen molar-refractivity contribution in [1.29, 1.82) is 0 Å². The van der Waals surface area contributed by atoms with Gasteiger partial charge in [0.05, 0.1) is 6.10 Å². The van der Waals surface area contributed by atoms with Crippen LogP contribution in [0.4, 0.5) is 0 Å². The molecule has 22 heteroatoms. The van der Waals surface area contributed by atoms with Crippen LogP contribution in [-0.2, 0) is 33.8 Å². The monoisotopic (exact) mass is 1120 g/mol. The molecule has 0 spiro atoms. The summed E-state index contributed by atoms with van der Waals surface area (Å²) in [7, 11) is 3.66. The van der Waals surface area contributed by atoms with E-state index in [1.807, 2.05) is 100 Å². The van der Waals surface area contributed by atoms with Gasteiger partial charge in [0.25, 0.3) is 0 Å². The molecule has 0 saturated carbocycles. The van der Waals surface area contributed by atoms with E-state index in [0.717, 1.165) is 12.0 Å². The van der Waals surface area contributed by atoms with Crippen molar-refractivity contribution < 1.29 is 33.8 Å². The van der Waals surface area contributed by atoms with Crippen LogP contribution in [0.1, 0.15) is 124 Å². The van der Waals surface area contributed by atoms with E-state index in [0.29, 0.717) is 72.9 Å². The fraction of sp³-hybridized carbons (Fsp3) is 0.667. The Bertz CT molecular complexity index is 1800. The fourth-order valence-corrected chi connectivity index (χ4v) is 6.44. The SMILES string of the molecule is C=C1N=C(N)C(C)=CN1C.C=CC(C(C)C)C(C)(C)ON=O.C=CC(CON=O)C(C)C.C=CC(ON=O)C(C)C.C=CC(ON=O)C(C=C)C(C)C.CC(C)CCON=O.CC(C)CON=O.COC1C=CC=CC1C(C)C. The molecule has 2 rings (SSSR count). The Kier molecular flexibility index (Phi) is 56.4. The second kappa shape index (κ2) is 53.3. The highest BCUT2D eigenvalue weighted by atomic mass is 16.7. The lowest BCUT2D eigenvalue weighted by molar-refractivity contribution is -0.0588. The van der Waals surface area contributed by atoms with Crippen LogP contribution in [-0.4, -0.2) is 68.6 Å². The normalized spacial score (nSPS) is 15.7. The van der Waals surface area contributed by atoms with Gasteiger partial charge < -0.3 is 44.4 Å². The van der Waals surface area contributed by atoms with E-state index in [4.69, 9.17) is 15.3 Å². The maximum absolute atomic E-state index is 9.96. The lowest BCUT2D eigenvalue weighted by atomic mass is 9.82. The van der Waals surface area contributed by atoms with E-state index in [2.05, 4.69) is 160 Å². The highest BCUT2D eigenvalue weighted by molar-refractivity contribution is 5.97. The minimum absolute atomic E-state index is 0.0835. The van der Waals surface area contributed by atoms with Gasteiger partial charge in [-0.15, -0.1) is 49.2 Å². The number of nitrogens with zero attached hydrogens (tertiary/aromatic N) is 8. The molecule has 1 heterocycles. The summed E-state index contributed by atoms with van der Waals surface area (Å²) in [6.45, 7) is 57.1. The summed E-state index contributed by atoms with van der Waals surface area (Å²) in [5.41, 5.74) is 5.95. The average Bonchev–Trinajstić information content (AvgIpc) is 3.37. The van der Waals surface area contributed by atoms with Crippen LogP contribution in [0.5, 0.6) is 0 Å². The molecule has 0 aromatic heterocycles. The molecular weight excluding hydrogens is 1020 g/mol. The number of methoxy groups -OCH3 is 1. The van der Waals surface area contributed by atoms with Crippen LogP contribution in [0.3, 0.4) is 0 Å². The minimum atomic E-state index is -0.558. The average molecular weight is 1120 g/mol. The number of hydrogen-bond donors (Lipinski definition) is 1. The number of nitrogens with two attached hydrogens (primary N) is 1. The molecular formula is C57H103N9O13. The molecule has 7 unspecified atom stereocenters. The predicted molar refractivity (Wildman–Crippen MR) is 322 cm³/mol. The Morgan fingerprint density at radius 2 is 1.15 bits per heavy atom. The Balaban J connectivity index is -0.000000194. The number of amidine groups is 1. The van der Waals surface area contributed by atoms with E-state index in [1.165, 1.54) is 0 Å². The molecule has 7 atom stereocenters. The van der Waals surface area contributed by atoms with Gasteiger partial charge in [-0.3, -0.25) is 0 Å². The summed E-state index contributed by atoms with van der Waals surface area (Å²) in [6, 6.07) is 0. The molecule has 1 aliphatic carbocycles. The molecule has 0 fully saturated rings. The minimum Gasteiger partial charge on any atom is -0.383 e. The van der Waals surface area contributed by atoms with E-state index >= 15 is 0 Å². The van der Waals surface area contributed by atoms with E-state index in [9.17, 15) is 29.4 Å². The molecule has 0 radical (unpaired) electrons. The van der Waals surface area contributed by atoms with Crippen molar-refractivity contribution in [3.8, 4) is 0 Å². The van der Waals surface area contributed by atoms with Crippen molar-refractivity contribution in [2.24, 2.45) is 108 Å². The standard InChI is InChI=1S/C10H16O.C9H17NO2.C9H15NO2.C7H11N3.C7H13NO2.C6H11NO2.C5H11NO2.C4H9NO2/c1-8(2)9-6-4-5-7-10(9)11-3;1-6-8(7(2)3)9(4,5)12-10-11;1-5-8(7(3)4)9(6-2)12-10-11;1-5-4-10(3)6(2)9-7(5)8;1-4-7(6(2)3)5-10-8-9;1-4-6(5(2)3)9-7-8;1-5(2)3-4-8-6-7;1-4(2)3-7-5-6/h4-10H,1-3H3;6-8H,1H2,2-5H3;5-9H,1-2H2,3-4H3;4H,2H2,1,3H3,(H2,8,9);4,6-7H,1,5H2,2-3H3;4-6H,1H2,2-3H3;5H,3-4H2,1-2H3;4H,3H2,1-2H3. The maximum Gasteiger partial charge on any atom is 0.155 e. The summed E-state index contributed by atoms with van der Waals surface area (Å²) in [4.78, 5) is 89.8.